The summed E-state index contributed by atoms with van der Waals surface area (Å²) >= 11 is 0. The van der Waals surface area contributed by atoms with Gasteiger partial charge in [-0.25, -0.2) is 0 Å². The molecule has 1 N–H and O–H groups in total. The molecule has 0 aliphatic heterocycles. The Morgan fingerprint density at radius 2 is 1.28 bits per heavy atom. The van der Waals surface area contributed by atoms with Gasteiger partial charge in [0.25, 0.3) is 0 Å². The number of nitrogens with one attached hydrogen (secondary N) is 1. The van der Waals surface area contributed by atoms with Crippen LogP contribution in [0.1, 0.15) is 28.2 Å². The van der Waals surface area contributed by atoms with Crippen molar-refractivity contribution in [1.82, 2.24) is 0 Å². The number of benzene rings is 5. The lowest BCUT2D eigenvalue weighted by molar-refractivity contribution is 0.465. The normalized spacial score (nSPS) is 19.7. The van der Waals surface area contributed by atoms with Crippen molar-refractivity contribution in [3.63, 3.8) is 0 Å². The van der Waals surface area contributed by atoms with E-state index in [0.717, 1.165) is 11.4 Å². The van der Waals surface area contributed by atoms with Crippen molar-refractivity contribution in [1.29, 1.82) is 0 Å². The van der Waals surface area contributed by atoms with Crippen molar-refractivity contribution < 1.29 is 0 Å². The molecule has 5 aromatic rings. The minimum absolute atomic E-state index is 0.190. The second-order valence-electron chi connectivity index (χ2n) is 10.2. The Balaban J connectivity index is 1.38. The molecule has 0 amide bonds. The maximum Gasteiger partial charge on any atom is 0.0538 e. The van der Waals surface area contributed by atoms with Gasteiger partial charge in [-0.05, 0) is 57.0 Å². The Labute approximate surface area is 211 Å². The van der Waals surface area contributed by atoms with E-state index in [-0.39, 0.29) is 5.41 Å². The van der Waals surface area contributed by atoms with Crippen LogP contribution in [0.3, 0.4) is 0 Å². The minimum Gasteiger partial charge on any atom is -0.355 e. The highest BCUT2D eigenvalue weighted by molar-refractivity contribution is 5.95. The van der Waals surface area contributed by atoms with Crippen LogP contribution in [0, 0.1) is 5.92 Å². The fourth-order valence-corrected chi connectivity index (χ4v) is 7.17. The van der Waals surface area contributed by atoms with Crippen LogP contribution in [0.4, 0.5) is 11.4 Å². The van der Waals surface area contributed by atoms with E-state index in [2.05, 4.69) is 139 Å². The third kappa shape index (κ3) is 2.50. The van der Waals surface area contributed by atoms with Crippen molar-refractivity contribution in [3.05, 3.63) is 156 Å². The number of rotatable bonds is 2. The molecule has 1 spiro atoms. The molecule has 3 aliphatic carbocycles. The fraction of sp³-hybridized carbons (Fsp3) is 0.0857. The predicted molar refractivity (Wildman–Crippen MR) is 150 cm³/mol. The molecule has 2 atom stereocenters. The molecule has 8 rings (SSSR count). The Hall–Kier alpha value is -4.36. The Bertz CT molecular complexity index is 1690. The lowest BCUT2D eigenvalue weighted by atomic mass is 9.65. The lowest BCUT2D eigenvalue weighted by Crippen LogP contribution is -2.32. The van der Waals surface area contributed by atoms with Gasteiger partial charge in [-0.15, -0.1) is 0 Å². The highest BCUT2D eigenvalue weighted by Gasteiger charge is 2.56. The molecule has 0 aromatic heterocycles. The van der Waals surface area contributed by atoms with Gasteiger partial charge in [0, 0.05) is 28.6 Å². The molecule has 0 saturated heterocycles. The van der Waals surface area contributed by atoms with Crippen LogP contribution in [0.25, 0.3) is 21.9 Å². The number of hydrogen-bond acceptors (Lipinski definition) is 1. The van der Waals surface area contributed by atoms with Gasteiger partial charge >= 0.3 is 0 Å². The fourth-order valence-electron chi connectivity index (χ4n) is 7.17. The average molecular weight is 460 g/mol. The van der Waals surface area contributed by atoms with E-state index in [4.69, 9.17) is 0 Å². The molecule has 1 heteroatoms. The van der Waals surface area contributed by atoms with E-state index in [9.17, 15) is 0 Å². The van der Waals surface area contributed by atoms with Crippen LogP contribution < -0.4 is 5.32 Å². The molecule has 0 heterocycles. The standard InChI is InChI=1S/C35H25N/c1-2-12-25-23(10-1)11-9-19-34(25)36-24-20-21-29-28-15-5-8-18-32(28)35(33(29)22-24)30-16-6-3-13-26(30)27-14-4-7-17-31(27)35/h1-22,28,32,36H. The second-order valence-corrected chi connectivity index (χ2v) is 10.2. The number of anilines is 2. The second kappa shape index (κ2) is 7.32. The number of fused-ring (bicyclic) bond motifs is 11. The summed E-state index contributed by atoms with van der Waals surface area (Å²) < 4.78 is 0. The molecule has 1 nitrogen and oxygen atoms in total. The van der Waals surface area contributed by atoms with Crippen LogP contribution >= 0.6 is 0 Å². The van der Waals surface area contributed by atoms with Crippen LogP contribution in [0.5, 0.6) is 0 Å². The summed E-state index contributed by atoms with van der Waals surface area (Å²) in [5.41, 5.74) is 10.6. The quantitative estimate of drug-likeness (QED) is 0.278. The Morgan fingerprint density at radius 3 is 2.11 bits per heavy atom. The van der Waals surface area contributed by atoms with Crippen LogP contribution in [-0.2, 0) is 5.41 Å². The van der Waals surface area contributed by atoms with Crippen molar-refractivity contribution in [2.24, 2.45) is 5.92 Å². The van der Waals surface area contributed by atoms with Gasteiger partial charge in [-0.1, -0.05) is 115 Å². The molecular weight excluding hydrogens is 434 g/mol. The lowest BCUT2D eigenvalue weighted by Gasteiger charge is -2.36. The molecule has 0 radical (unpaired) electrons. The molecule has 2 unspecified atom stereocenters. The first kappa shape index (κ1) is 19.9. The largest absolute Gasteiger partial charge is 0.355 e. The summed E-state index contributed by atoms with van der Waals surface area (Å²) in [6, 6.07) is 40.2. The Kier molecular flexibility index (Phi) is 4.05. The third-order valence-electron chi connectivity index (χ3n) is 8.53. The highest BCUT2D eigenvalue weighted by Crippen LogP contribution is 2.65. The van der Waals surface area contributed by atoms with Gasteiger partial charge < -0.3 is 5.32 Å². The smallest absolute Gasteiger partial charge is 0.0538 e. The first-order valence-electron chi connectivity index (χ1n) is 12.8. The zero-order chi connectivity index (χ0) is 23.7. The maximum atomic E-state index is 3.78. The van der Waals surface area contributed by atoms with Gasteiger partial charge in [0.1, 0.15) is 0 Å². The van der Waals surface area contributed by atoms with Gasteiger partial charge in [-0.3, -0.25) is 0 Å². The van der Waals surface area contributed by atoms with Gasteiger partial charge in [0.2, 0.25) is 0 Å². The van der Waals surface area contributed by atoms with E-state index < -0.39 is 0 Å². The minimum atomic E-state index is -0.190. The Morgan fingerprint density at radius 1 is 0.583 bits per heavy atom. The summed E-state index contributed by atoms with van der Waals surface area (Å²) in [6.07, 6.45) is 9.31. The average Bonchev–Trinajstić information content (AvgIpc) is 3.40. The van der Waals surface area contributed by atoms with E-state index in [1.165, 1.54) is 44.2 Å². The number of allylic oxidation sites excluding steroid dienone is 4. The summed E-state index contributed by atoms with van der Waals surface area (Å²) in [5, 5.41) is 6.27. The first-order valence-corrected chi connectivity index (χ1v) is 12.8. The molecule has 0 bridgehead atoms. The van der Waals surface area contributed by atoms with Crippen LogP contribution in [-0.4, -0.2) is 0 Å². The summed E-state index contributed by atoms with van der Waals surface area (Å²) in [6.45, 7) is 0. The van der Waals surface area contributed by atoms with E-state index >= 15 is 0 Å². The molecule has 0 saturated carbocycles. The molecule has 5 aromatic carbocycles. The summed E-state index contributed by atoms with van der Waals surface area (Å²) in [7, 11) is 0. The zero-order valence-electron chi connectivity index (χ0n) is 19.9. The maximum absolute atomic E-state index is 3.78. The van der Waals surface area contributed by atoms with Crippen molar-refractivity contribution in [3.8, 4) is 11.1 Å². The van der Waals surface area contributed by atoms with Gasteiger partial charge in [0.05, 0.1) is 5.41 Å². The SMILES string of the molecule is C1=CC2c3ccc(Nc4cccc5ccccc45)cc3C3(c4ccccc4-c4ccccc43)C2C=C1. The predicted octanol–water partition coefficient (Wildman–Crippen LogP) is 8.74. The molecule has 36 heavy (non-hydrogen) atoms. The number of hydrogen-bond donors (Lipinski definition) is 1. The van der Waals surface area contributed by atoms with Crippen LogP contribution in [0.15, 0.2) is 133 Å². The molecule has 3 aliphatic rings. The highest BCUT2D eigenvalue weighted by atomic mass is 14.9. The van der Waals surface area contributed by atoms with Gasteiger partial charge in [0.15, 0.2) is 0 Å². The monoisotopic (exact) mass is 459 g/mol. The van der Waals surface area contributed by atoms with E-state index in [0.29, 0.717) is 11.8 Å². The van der Waals surface area contributed by atoms with Crippen LogP contribution in [0.2, 0.25) is 0 Å². The summed E-state index contributed by atoms with van der Waals surface area (Å²) in [5.74, 6) is 0.728. The molecule has 0 fully saturated rings. The van der Waals surface area contributed by atoms with E-state index in [1.54, 1.807) is 0 Å². The van der Waals surface area contributed by atoms with Gasteiger partial charge in [-0.2, -0.15) is 0 Å². The third-order valence-corrected chi connectivity index (χ3v) is 8.53. The van der Waals surface area contributed by atoms with Crippen molar-refractivity contribution in [2.75, 3.05) is 5.32 Å². The zero-order valence-corrected chi connectivity index (χ0v) is 19.9. The first-order chi connectivity index (χ1) is 17.9. The van der Waals surface area contributed by atoms with Crippen molar-refractivity contribution in [2.45, 2.75) is 11.3 Å². The summed E-state index contributed by atoms with van der Waals surface area (Å²) in [4.78, 5) is 0. The van der Waals surface area contributed by atoms with Crippen molar-refractivity contribution >= 4 is 22.1 Å². The molecule has 170 valence electrons. The van der Waals surface area contributed by atoms with E-state index in [1.807, 2.05) is 0 Å². The molecular formula is C35H25N. The topological polar surface area (TPSA) is 12.0 Å².